The van der Waals surface area contributed by atoms with Crippen molar-refractivity contribution in [1.82, 2.24) is 19.9 Å². The van der Waals surface area contributed by atoms with E-state index in [1.165, 1.54) is 6.20 Å². The third kappa shape index (κ3) is 4.76. The second-order valence-corrected chi connectivity index (χ2v) is 7.69. The van der Waals surface area contributed by atoms with Crippen LogP contribution in [-0.2, 0) is 4.79 Å². The fourth-order valence-electron chi connectivity index (χ4n) is 3.51. The third-order valence-corrected chi connectivity index (χ3v) is 5.50. The first-order valence-electron chi connectivity index (χ1n) is 9.87. The highest BCUT2D eigenvalue weighted by atomic mass is 19.4. The quantitative estimate of drug-likeness (QED) is 0.584. The lowest BCUT2D eigenvalue weighted by Crippen LogP contribution is -2.31. The van der Waals surface area contributed by atoms with Crippen LogP contribution in [0.5, 0.6) is 5.88 Å². The van der Waals surface area contributed by atoms with E-state index in [2.05, 4.69) is 19.7 Å². The smallest absolute Gasteiger partial charge is 0.422 e. The highest BCUT2D eigenvalue weighted by Gasteiger charge is 2.47. The zero-order chi connectivity index (χ0) is 22.2. The van der Waals surface area contributed by atoms with Crippen LogP contribution in [0, 0.1) is 5.92 Å². The van der Waals surface area contributed by atoms with Gasteiger partial charge in [0.25, 0.3) is 0 Å². The molecule has 4 rings (SSSR count). The van der Waals surface area contributed by atoms with Crippen LogP contribution in [0.3, 0.4) is 0 Å². The molecule has 1 unspecified atom stereocenters. The molecule has 0 saturated heterocycles. The molecule has 2 heterocycles. The van der Waals surface area contributed by atoms with Gasteiger partial charge in [0.15, 0.2) is 6.61 Å². The summed E-state index contributed by atoms with van der Waals surface area (Å²) in [5.74, 6) is -0.307. The third-order valence-electron chi connectivity index (χ3n) is 5.50. The Balaban J connectivity index is 1.38. The molecular formula is C22H21F3N4O2. The predicted octanol–water partition coefficient (Wildman–Crippen LogP) is 4.29. The van der Waals surface area contributed by atoms with Gasteiger partial charge in [0.2, 0.25) is 11.8 Å². The summed E-state index contributed by atoms with van der Waals surface area (Å²) >= 11 is 0. The number of carbonyl (C=O) groups is 1. The molecule has 6 nitrogen and oxygen atoms in total. The van der Waals surface area contributed by atoms with Crippen molar-refractivity contribution in [2.45, 2.75) is 31.5 Å². The molecule has 1 aromatic carbocycles. The van der Waals surface area contributed by atoms with E-state index in [4.69, 9.17) is 0 Å². The van der Waals surface area contributed by atoms with E-state index in [9.17, 15) is 18.0 Å². The number of rotatable bonds is 6. The summed E-state index contributed by atoms with van der Waals surface area (Å²) in [7, 11) is 1.69. The van der Waals surface area contributed by atoms with Gasteiger partial charge >= 0.3 is 6.18 Å². The largest absolute Gasteiger partial charge is 0.467 e. The van der Waals surface area contributed by atoms with Gasteiger partial charge in [-0.1, -0.05) is 24.3 Å². The number of pyridine rings is 1. The number of fused-ring (bicyclic) bond motifs is 1. The Morgan fingerprint density at radius 1 is 1.19 bits per heavy atom. The summed E-state index contributed by atoms with van der Waals surface area (Å²) in [4.78, 5) is 27.2. The van der Waals surface area contributed by atoms with E-state index in [-0.39, 0.29) is 29.7 Å². The highest BCUT2D eigenvalue weighted by molar-refractivity contribution is 5.84. The molecule has 1 aliphatic carbocycles. The molecule has 31 heavy (non-hydrogen) atoms. The average molecular weight is 430 g/mol. The van der Waals surface area contributed by atoms with Crippen molar-refractivity contribution >= 4 is 16.8 Å². The summed E-state index contributed by atoms with van der Waals surface area (Å²) in [6, 6.07) is 11.4. The number of amides is 1. The van der Waals surface area contributed by atoms with Crippen molar-refractivity contribution in [2.75, 3.05) is 13.7 Å². The summed E-state index contributed by atoms with van der Waals surface area (Å²) in [5, 5.41) is 1.06. The molecule has 162 valence electrons. The molecule has 3 aromatic rings. The van der Waals surface area contributed by atoms with E-state index in [1.54, 1.807) is 18.9 Å². The lowest BCUT2D eigenvalue weighted by atomic mass is 10.1. The van der Waals surface area contributed by atoms with Crippen LogP contribution in [0.15, 0.2) is 48.8 Å². The Labute approximate surface area is 177 Å². The Bertz CT molecular complexity index is 1090. The van der Waals surface area contributed by atoms with Crippen LogP contribution in [0.1, 0.15) is 36.7 Å². The van der Waals surface area contributed by atoms with Gasteiger partial charge in [-0.05, 0) is 25.5 Å². The maximum absolute atomic E-state index is 12.9. The second kappa shape index (κ2) is 8.13. The van der Waals surface area contributed by atoms with Crippen LogP contribution >= 0.6 is 0 Å². The van der Waals surface area contributed by atoms with E-state index in [0.29, 0.717) is 5.69 Å². The number of hydrogen-bond donors (Lipinski definition) is 0. The zero-order valence-corrected chi connectivity index (χ0v) is 17.0. The minimum Gasteiger partial charge on any atom is -0.467 e. The number of para-hydroxylation sites is 1. The van der Waals surface area contributed by atoms with Gasteiger partial charge in [-0.25, -0.2) is 4.98 Å². The molecule has 0 bridgehead atoms. The van der Waals surface area contributed by atoms with Crippen molar-refractivity contribution < 1.29 is 22.7 Å². The molecular weight excluding hydrogens is 409 g/mol. The van der Waals surface area contributed by atoms with Crippen molar-refractivity contribution in [2.24, 2.45) is 5.92 Å². The molecule has 0 aliphatic heterocycles. The van der Waals surface area contributed by atoms with Crippen molar-refractivity contribution in [3.63, 3.8) is 0 Å². The van der Waals surface area contributed by atoms with Gasteiger partial charge < -0.3 is 9.64 Å². The van der Waals surface area contributed by atoms with Crippen molar-refractivity contribution in [3.8, 4) is 5.88 Å². The van der Waals surface area contributed by atoms with Crippen LogP contribution in [0.4, 0.5) is 13.2 Å². The lowest BCUT2D eigenvalue weighted by Gasteiger charge is -2.24. The monoisotopic (exact) mass is 430 g/mol. The number of aromatic nitrogens is 3. The normalized spacial score (nSPS) is 19.1. The van der Waals surface area contributed by atoms with Gasteiger partial charge in [-0.3, -0.25) is 14.8 Å². The average Bonchev–Trinajstić information content (AvgIpc) is 3.56. The van der Waals surface area contributed by atoms with Gasteiger partial charge in [0.1, 0.15) is 0 Å². The number of carbonyl (C=O) groups excluding carboxylic acids is 1. The Morgan fingerprint density at radius 3 is 2.68 bits per heavy atom. The first kappa shape index (κ1) is 21.0. The number of alkyl halides is 3. The summed E-state index contributed by atoms with van der Waals surface area (Å²) in [5.41, 5.74) is 2.28. The first-order chi connectivity index (χ1) is 14.7. The molecule has 1 saturated carbocycles. The number of ether oxygens (including phenoxy) is 1. The summed E-state index contributed by atoms with van der Waals surface area (Å²) in [6.07, 6.45) is -1.25. The fourth-order valence-corrected chi connectivity index (χ4v) is 3.51. The molecule has 1 fully saturated rings. The van der Waals surface area contributed by atoms with E-state index >= 15 is 0 Å². The van der Waals surface area contributed by atoms with Crippen molar-refractivity contribution in [1.29, 1.82) is 0 Å². The Hall–Kier alpha value is -3.23. The molecule has 0 N–H and O–H groups in total. The van der Waals surface area contributed by atoms with Gasteiger partial charge in [-0.2, -0.15) is 13.2 Å². The molecule has 0 spiro atoms. The van der Waals surface area contributed by atoms with E-state index < -0.39 is 12.8 Å². The minimum absolute atomic E-state index is 0.0216. The van der Waals surface area contributed by atoms with Gasteiger partial charge in [0.05, 0.1) is 29.6 Å². The Morgan fingerprint density at radius 2 is 1.97 bits per heavy atom. The lowest BCUT2D eigenvalue weighted by molar-refractivity contribution is -0.154. The SMILES string of the molecule is CC(c1cnc(OCC(F)(F)F)cn1)N(C)C(=O)[C@H]1C[C@@H]1c1ccc2ccccc2n1. The Kier molecular flexibility index (Phi) is 5.51. The molecule has 1 amide bonds. The maximum Gasteiger partial charge on any atom is 0.422 e. The number of benzene rings is 1. The molecule has 3 atom stereocenters. The molecule has 2 aromatic heterocycles. The first-order valence-corrected chi connectivity index (χ1v) is 9.87. The number of hydrogen-bond acceptors (Lipinski definition) is 5. The fraction of sp³-hybridized carbons (Fsp3) is 0.364. The molecule has 1 aliphatic rings. The van der Waals surface area contributed by atoms with E-state index in [1.807, 2.05) is 36.4 Å². The minimum atomic E-state index is -4.44. The van der Waals surface area contributed by atoms with Gasteiger partial charge in [-0.15, -0.1) is 0 Å². The zero-order valence-electron chi connectivity index (χ0n) is 17.0. The molecule has 9 heteroatoms. The topological polar surface area (TPSA) is 68.2 Å². The second-order valence-electron chi connectivity index (χ2n) is 7.69. The van der Waals surface area contributed by atoms with Crippen LogP contribution in [-0.4, -0.2) is 45.6 Å². The predicted molar refractivity (Wildman–Crippen MR) is 107 cm³/mol. The van der Waals surface area contributed by atoms with Gasteiger partial charge in [0, 0.05) is 30.0 Å². The maximum atomic E-state index is 12.9. The summed E-state index contributed by atoms with van der Waals surface area (Å²) in [6.45, 7) is 0.366. The number of nitrogens with zero attached hydrogens (tertiary/aromatic N) is 4. The van der Waals surface area contributed by atoms with Crippen LogP contribution in [0.25, 0.3) is 10.9 Å². The highest BCUT2D eigenvalue weighted by Crippen LogP contribution is 2.48. The summed E-state index contributed by atoms with van der Waals surface area (Å²) < 4.78 is 41.3. The standard InChI is InChI=1S/C22H21F3N4O2/c1-13(19-10-27-20(11-26-19)31-12-22(23,24)25)29(2)21(30)16-9-15(16)18-8-7-14-5-3-4-6-17(14)28-18/h3-8,10-11,13,15-16H,9,12H2,1-2H3/t13?,15-,16-/m0/s1. The van der Waals surface area contributed by atoms with E-state index in [0.717, 1.165) is 29.2 Å². The molecule has 0 radical (unpaired) electrons. The van der Waals surface area contributed by atoms with Crippen molar-refractivity contribution in [3.05, 3.63) is 60.2 Å². The number of halogens is 3. The van der Waals surface area contributed by atoms with Crippen LogP contribution in [0.2, 0.25) is 0 Å². The van der Waals surface area contributed by atoms with Crippen LogP contribution < -0.4 is 4.74 Å².